The van der Waals surface area contributed by atoms with E-state index in [0.29, 0.717) is 36.9 Å². The van der Waals surface area contributed by atoms with E-state index in [1.54, 1.807) is 18.2 Å². The zero-order chi connectivity index (χ0) is 26.3. The van der Waals surface area contributed by atoms with Crippen LogP contribution in [-0.2, 0) is 16.1 Å². The Kier molecular flexibility index (Phi) is 6.56. The first-order valence-electron chi connectivity index (χ1n) is 12.4. The molecule has 1 unspecified atom stereocenters. The first kappa shape index (κ1) is 25.0. The van der Waals surface area contributed by atoms with Crippen LogP contribution in [0.25, 0.3) is 11.5 Å². The molecule has 2 aliphatic rings. The first-order chi connectivity index (χ1) is 17.6. The van der Waals surface area contributed by atoms with Crippen molar-refractivity contribution in [2.24, 2.45) is 5.92 Å². The predicted molar refractivity (Wildman–Crippen MR) is 131 cm³/mol. The van der Waals surface area contributed by atoms with Crippen LogP contribution in [-0.4, -0.2) is 38.6 Å². The Morgan fingerprint density at radius 1 is 1.11 bits per heavy atom. The number of nitrogens with zero attached hydrogens (tertiary/aromatic N) is 3. The molecule has 3 aromatic rings. The lowest BCUT2D eigenvalue weighted by Crippen LogP contribution is -2.44. The van der Waals surface area contributed by atoms with Crippen molar-refractivity contribution in [1.82, 2.24) is 15.1 Å². The van der Waals surface area contributed by atoms with Crippen molar-refractivity contribution in [2.45, 2.75) is 70.6 Å². The third-order valence-electron chi connectivity index (χ3n) is 7.00. The number of rotatable bonds is 5. The summed E-state index contributed by atoms with van der Waals surface area (Å²) < 4.78 is 36.5. The Labute approximate surface area is 213 Å². The molecule has 1 aromatic heterocycles. The Bertz CT molecular complexity index is 1300. The molecule has 5 rings (SSSR count). The Balaban J connectivity index is 1.40. The summed E-state index contributed by atoms with van der Waals surface area (Å²) in [4.78, 5) is 28.4. The topological polar surface area (TPSA) is 85.5 Å². The van der Waals surface area contributed by atoms with Crippen LogP contribution in [0.5, 0.6) is 0 Å². The molecule has 0 N–H and O–H groups in total. The number of amides is 1. The van der Waals surface area contributed by atoms with Crippen LogP contribution in [0.4, 0.5) is 8.78 Å². The minimum atomic E-state index is -2.86. The van der Waals surface area contributed by atoms with Gasteiger partial charge in [0, 0.05) is 29.6 Å². The molecular formula is C28H29F2N3O4. The van der Waals surface area contributed by atoms with E-state index in [0.717, 1.165) is 11.1 Å². The van der Waals surface area contributed by atoms with Crippen molar-refractivity contribution in [3.63, 3.8) is 0 Å². The van der Waals surface area contributed by atoms with Crippen LogP contribution in [0, 0.1) is 5.92 Å². The molecule has 37 heavy (non-hydrogen) atoms. The summed E-state index contributed by atoms with van der Waals surface area (Å²) in [5.41, 5.74) is 2.28. The Morgan fingerprint density at radius 2 is 1.86 bits per heavy atom. The fraction of sp³-hybridized carbons (Fsp3) is 0.429. The van der Waals surface area contributed by atoms with E-state index in [1.165, 1.54) is 0 Å². The molecular weight excluding hydrogens is 480 g/mol. The minimum absolute atomic E-state index is 0.0326. The average molecular weight is 510 g/mol. The van der Waals surface area contributed by atoms with Crippen molar-refractivity contribution >= 4 is 11.9 Å². The molecule has 0 radical (unpaired) electrons. The summed E-state index contributed by atoms with van der Waals surface area (Å²) in [6.07, 6.45) is -0.976. The van der Waals surface area contributed by atoms with E-state index in [2.05, 4.69) is 10.2 Å². The van der Waals surface area contributed by atoms with E-state index in [4.69, 9.17) is 9.15 Å². The van der Waals surface area contributed by atoms with Crippen molar-refractivity contribution in [3.05, 3.63) is 71.1 Å². The van der Waals surface area contributed by atoms with Crippen molar-refractivity contribution in [1.29, 1.82) is 0 Å². The molecule has 3 atom stereocenters. The van der Waals surface area contributed by atoms with Crippen LogP contribution < -0.4 is 0 Å². The summed E-state index contributed by atoms with van der Waals surface area (Å²) in [5, 5.41) is 7.08. The third-order valence-corrected chi connectivity index (χ3v) is 7.00. The number of benzene rings is 2. The van der Waals surface area contributed by atoms with Crippen LogP contribution >= 0.6 is 0 Å². The molecule has 2 heterocycles. The zero-order valence-corrected chi connectivity index (χ0v) is 21.0. The fourth-order valence-electron chi connectivity index (χ4n) is 5.35. The second-order valence-corrected chi connectivity index (χ2v) is 10.7. The number of fused-ring (bicyclic) bond motifs is 1. The highest BCUT2D eigenvalue weighted by molar-refractivity contribution is 5.99. The average Bonchev–Trinajstić information content (AvgIpc) is 3.48. The van der Waals surface area contributed by atoms with Crippen LogP contribution in [0.2, 0.25) is 0 Å². The summed E-state index contributed by atoms with van der Waals surface area (Å²) in [6.45, 7) is 6.03. The van der Waals surface area contributed by atoms with Crippen LogP contribution in [0.15, 0.2) is 52.9 Å². The van der Waals surface area contributed by atoms with Gasteiger partial charge in [0.1, 0.15) is 5.60 Å². The van der Waals surface area contributed by atoms with Gasteiger partial charge < -0.3 is 14.1 Å². The highest BCUT2D eigenvalue weighted by Gasteiger charge is 2.43. The number of carbonyl (C=O) groups is 2. The molecule has 1 aliphatic heterocycles. The number of esters is 1. The molecule has 7 nitrogen and oxygen atoms in total. The van der Waals surface area contributed by atoms with E-state index >= 15 is 0 Å². The number of carbonyl (C=O) groups excluding carboxylic acids is 2. The normalized spacial score (nSPS) is 21.8. The van der Waals surface area contributed by atoms with Gasteiger partial charge in [-0.15, -0.1) is 10.2 Å². The maximum atomic E-state index is 13.6. The predicted octanol–water partition coefficient (Wildman–Crippen LogP) is 5.92. The highest BCUT2D eigenvalue weighted by atomic mass is 19.3. The van der Waals surface area contributed by atoms with Gasteiger partial charge in [0.05, 0.1) is 5.92 Å². The van der Waals surface area contributed by atoms with Gasteiger partial charge in [0.15, 0.2) is 0 Å². The number of aromatic nitrogens is 2. The molecule has 2 aromatic carbocycles. The van der Waals surface area contributed by atoms with Crippen molar-refractivity contribution in [3.8, 4) is 11.5 Å². The molecule has 194 valence electrons. The highest BCUT2D eigenvalue weighted by Crippen LogP contribution is 2.43. The maximum absolute atomic E-state index is 13.6. The summed E-state index contributed by atoms with van der Waals surface area (Å²) >= 11 is 0. The van der Waals surface area contributed by atoms with Gasteiger partial charge in [-0.2, -0.15) is 8.78 Å². The lowest BCUT2D eigenvalue weighted by molar-refractivity contribution is -0.161. The Morgan fingerprint density at radius 3 is 2.54 bits per heavy atom. The molecule has 1 saturated carbocycles. The lowest BCUT2D eigenvalue weighted by Gasteiger charge is -2.41. The smallest absolute Gasteiger partial charge is 0.314 e. The molecule has 0 saturated heterocycles. The number of hydrogen-bond donors (Lipinski definition) is 0. The molecule has 0 spiro atoms. The second kappa shape index (κ2) is 9.68. The maximum Gasteiger partial charge on any atom is 0.314 e. The van der Waals surface area contributed by atoms with Gasteiger partial charge in [0.25, 0.3) is 11.8 Å². The monoisotopic (exact) mass is 509 g/mol. The van der Waals surface area contributed by atoms with E-state index in [1.807, 2.05) is 56.0 Å². The largest absolute Gasteiger partial charge is 0.460 e. The zero-order valence-electron chi connectivity index (χ0n) is 21.0. The van der Waals surface area contributed by atoms with Gasteiger partial charge in [-0.05, 0) is 63.3 Å². The molecule has 0 bridgehead atoms. The standard InChI is InChI=1S/C28H29F2N3O4/c1-28(2,3)37-27(35)18-11-12-22(20(14-18)16-7-5-4-6-8-16)33-15-19-10-9-17(13-21(19)26(33)34)24-31-32-25(36-24)23(29)30/h4-10,13,18,20,22-23H,11-12,14-15H2,1-3H3/t18?,20-,22-/m1/s1. The van der Waals surface area contributed by atoms with Gasteiger partial charge >= 0.3 is 12.4 Å². The molecule has 1 aliphatic carbocycles. The second-order valence-electron chi connectivity index (χ2n) is 10.7. The number of alkyl halides is 2. The number of hydrogen-bond acceptors (Lipinski definition) is 6. The third kappa shape index (κ3) is 5.12. The van der Waals surface area contributed by atoms with Crippen molar-refractivity contribution < 1.29 is 27.5 Å². The van der Waals surface area contributed by atoms with Gasteiger partial charge in [-0.25, -0.2) is 0 Å². The van der Waals surface area contributed by atoms with Crippen LogP contribution in [0.3, 0.4) is 0 Å². The summed E-state index contributed by atoms with van der Waals surface area (Å²) in [6, 6.07) is 15.0. The van der Waals surface area contributed by atoms with E-state index < -0.39 is 17.9 Å². The molecule has 1 fully saturated rings. The SMILES string of the molecule is CC(C)(C)OC(=O)C1CC[C@@H](N2Cc3ccc(-c4nnc(C(F)F)o4)cc3C2=O)[C@@H](c2ccccc2)C1. The number of ether oxygens (including phenoxy) is 1. The molecule has 9 heteroatoms. The Hall–Kier alpha value is -3.62. The van der Waals surface area contributed by atoms with Crippen molar-refractivity contribution in [2.75, 3.05) is 0 Å². The lowest BCUT2D eigenvalue weighted by atomic mass is 9.74. The minimum Gasteiger partial charge on any atom is -0.460 e. The van der Waals surface area contributed by atoms with Crippen LogP contribution in [0.1, 0.15) is 79.8 Å². The number of halogens is 2. The van der Waals surface area contributed by atoms with Gasteiger partial charge in [-0.3, -0.25) is 9.59 Å². The van der Waals surface area contributed by atoms with E-state index in [9.17, 15) is 18.4 Å². The fourth-order valence-corrected chi connectivity index (χ4v) is 5.35. The van der Waals surface area contributed by atoms with Gasteiger partial charge in [-0.1, -0.05) is 36.4 Å². The van der Waals surface area contributed by atoms with Gasteiger partial charge in [0.2, 0.25) is 5.89 Å². The van der Waals surface area contributed by atoms with E-state index in [-0.39, 0.29) is 35.6 Å². The summed E-state index contributed by atoms with van der Waals surface area (Å²) in [5.74, 6) is -1.41. The first-order valence-corrected chi connectivity index (χ1v) is 12.4. The summed E-state index contributed by atoms with van der Waals surface area (Å²) in [7, 11) is 0. The molecule has 1 amide bonds. The quantitative estimate of drug-likeness (QED) is 0.397.